The Kier molecular flexibility index (Phi) is 6.31. The molecule has 5 aromatic rings. The van der Waals surface area contributed by atoms with E-state index in [2.05, 4.69) is 25.7 Å². The Balaban J connectivity index is 1.51. The van der Waals surface area contributed by atoms with E-state index in [-0.39, 0.29) is 38.4 Å². The summed E-state index contributed by atoms with van der Waals surface area (Å²) in [6.45, 7) is 3.47. The van der Waals surface area contributed by atoms with Crippen LogP contribution in [0.15, 0.2) is 52.7 Å². The minimum absolute atomic E-state index is 0.0363. The lowest BCUT2D eigenvalue weighted by Crippen LogP contribution is -2.16. The second-order valence-corrected chi connectivity index (χ2v) is 11.9. The zero-order valence-electron chi connectivity index (χ0n) is 20.0. The van der Waals surface area contributed by atoms with Crippen LogP contribution in [-0.4, -0.2) is 29.2 Å². The highest BCUT2D eigenvalue weighted by atomic mass is 32.2. The number of anilines is 3. The highest BCUT2D eigenvalue weighted by Gasteiger charge is 2.26. The van der Waals surface area contributed by atoms with Crippen molar-refractivity contribution in [2.45, 2.75) is 18.7 Å². The molecule has 0 atom stereocenters. The molecule has 0 aliphatic rings. The van der Waals surface area contributed by atoms with Gasteiger partial charge >= 0.3 is 0 Å². The van der Waals surface area contributed by atoms with Crippen molar-refractivity contribution in [1.82, 2.24) is 15.0 Å². The topological polar surface area (TPSA) is 178 Å². The first-order chi connectivity index (χ1) is 18.1. The van der Waals surface area contributed by atoms with Crippen molar-refractivity contribution in [1.29, 1.82) is 5.26 Å². The summed E-state index contributed by atoms with van der Waals surface area (Å²) < 4.78 is 28.1. The van der Waals surface area contributed by atoms with Gasteiger partial charge in [-0.3, -0.25) is 4.79 Å². The van der Waals surface area contributed by atoms with E-state index in [1.807, 2.05) is 17.5 Å². The van der Waals surface area contributed by atoms with Crippen LogP contribution < -0.4 is 16.2 Å². The second-order valence-electron chi connectivity index (χ2n) is 8.29. The lowest BCUT2D eigenvalue weighted by Gasteiger charge is -2.09. The predicted molar refractivity (Wildman–Crippen MR) is 149 cm³/mol. The molecule has 0 radical (unpaired) electrons. The molecule has 190 valence electrons. The molecule has 5 N–H and O–H groups in total. The third-order valence-electron chi connectivity index (χ3n) is 5.63. The molecule has 4 heterocycles. The third kappa shape index (κ3) is 4.45. The molecular weight excluding hydrogens is 543 g/mol. The number of nitrogen functional groups attached to an aromatic ring is 2. The van der Waals surface area contributed by atoms with Gasteiger partial charge in [-0.05, 0) is 55.6 Å². The first kappa shape index (κ1) is 25.3. The number of nitrogens with zero attached hydrogens (tertiary/aromatic N) is 4. The minimum atomic E-state index is -3.99. The number of fused-ring (bicyclic) bond motifs is 1. The minimum Gasteiger partial charge on any atom is -0.397 e. The fraction of sp³-hybridized carbons (Fsp3) is 0.0800. The van der Waals surface area contributed by atoms with Gasteiger partial charge in [-0.15, -0.1) is 22.7 Å². The lowest BCUT2D eigenvalue weighted by atomic mass is 10.0. The van der Waals surface area contributed by atoms with E-state index < -0.39 is 15.8 Å². The van der Waals surface area contributed by atoms with Crippen molar-refractivity contribution < 1.29 is 13.2 Å². The lowest BCUT2D eigenvalue weighted by molar-refractivity contribution is 0.104. The number of carbonyl (C=O) groups excluding carboxylic acids is 1. The first-order valence-corrected chi connectivity index (χ1v) is 14.2. The van der Waals surface area contributed by atoms with Crippen LogP contribution in [0.1, 0.15) is 32.2 Å². The van der Waals surface area contributed by atoms with Crippen LogP contribution in [0.2, 0.25) is 0 Å². The van der Waals surface area contributed by atoms with Crippen LogP contribution in [0.5, 0.6) is 0 Å². The Morgan fingerprint density at radius 1 is 1.05 bits per heavy atom. The fourth-order valence-corrected chi connectivity index (χ4v) is 6.79. The number of nitriles is 1. The zero-order valence-corrected chi connectivity index (χ0v) is 22.5. The van der Waals surface area contributed by atoms with E-state index in [9.17, 15) is 18.5 Å². The van der Waals surface area contributed by atoms with Crippen molar-refractivity contribution in [3.8, 4) is 16.5 Å². The number of benzene rings is 1. The molecule has 0 spiro atoms. The van der Waals surface area contributed by atoms with Crippen LogP contribution in [-0.2, 0) is 10.0 Å². The molecule has 5 rings (SSSR count). The average molecular weight is 562 g/mol. The summed E-state index contributed by atoms with van der Waals surface area (Å²) in [6.07, 6.45) is 0. The van der Waals surface area contributed by atoms with Gasteiger partial charge in [-0.25, -0.2) is 28.1 Å². The third-order valence-corrected chi connectivity index (χ3v) is 8.95. The van der Waals surface area contributed by atoms with Crippen molar-refractivity contribution in [2.24, 2.45) is 0 Å². The van der Waals surface area contributed by atoms with Crippen LogP contribution in [0.3, 0.4) is 0 Å². The number of pyridine rings is 1. The van der Waals surface area contributed by atoms with Crippen LogP contribution >= 0.6 is 22.7 Å². The Morgan fingerprint density at radius 3 is 2.34 bits per heavy atom. The summed E-state index contributed by atoms with van der Waals surface area (Å²) >= 11 is 2.48. The number of ketones is 1. The summed E-state index contributed by atoms with van der Waals surface area (Å²) in [5.74, 6) is -0.390. The largest absolute Gasteiger partial charge is 0.397 e. The van der Waals surface area contributed by atoms with Crippen molar-refractivity contribution >= 4 is 66.2 Å². The molecule has 1 aromatic carbocycles. The quantitative estimate of drug-likeness (QED) is 0.252. The van der Waals surface area contributed by atoms with Gasteiger partial charge in [0.25, 0.3) is 10.0 Å². The van der Waals surface area contributed by atoms with Gasteiger partial charge in [-0.2, -0.15) is 5.26 Å². The number of sulfonamides is 1. The number of nitrogens with one attached hydrogen (secondary N) is 1. The molecule has 38 heavy (non-hydrogen) atoms. The van der Waals surface area contributed by atoms with Gasteiger partial charge in [0.2, 0.25) is 11.7 Å². The molecular formula is C25H19N7O3S3. The highest BCUT2D eigenvalue weighted by molar-refractivity contribution is 7.92. The Bertz CT molecular complexity index is 1850. The molecule has 0 aliphatic carbocycles. The van der Waals surface area contributed by atoms with E-state index in [1.54, 1.807) is 19.9 Å². The van der Waals surface area contributed by atoms with Gasteiger partial charge in [-0.1, -0.05) is 6.07 Å². The van der Waals surface area contributed by atoms with Crippen LogP contribution in [0, 0.1) is 25.2 Å². The summed E-state index contributed by atoms with van der Waals surface area (Å²) in [5, 5.41) is 12.1. The van der Waals surface area contributed by atoms with Crippen molar-refractivity contribution in [2.75, 3.05) is 16.2 Å². The maximum atomic E-state index is 13.4. The monoisotopic (exact) mass is 561 g/mol. The number of nitrogens with two attached hydrogens (primary N) is 2. The van der Waals surface area contributed by atoms with Gasteiger partial charge in [0.15, 0.2) is 0 Å². The first-order valence-electron chi connectivity index (χ1n) is 11.0. The van der Waals surface area contributed by atoms with Gasteiger partial charge in [0.05, 0.1) is 10.6 Å². The molecule has 13 heteroatoms. The van der Waals surface area contributed by atoms with E-state index >= 15 is 0 Å². The maximum absolute atomic E-state index is 13.4. The Morgan fingerprint density at radius 2 is 1.74 bits per heavy atom. The maximum Gasteiger partial charge on any atom is 0.264 e. The molecule has 0 saturated carbocycles. The van der Waals surface area contributed by atoms with E-state index in [4.69, 9.17) is 11.5 Å². The highest BCUT2D eigenvalue weighted by Crippen LogP contribution is 2.44. The van der Waals surface area contributed by atoms with Gasteiger partial charge < -0.3 is 11.5 Å². The van der Waals surface area contributed by atoms with Gasteiger partial charge in [0, 0.05) is 32.8 Å². The van der Waals surface area contributed by atoms with Crippen LogP contribution in [0.4, 0.5) is 17.5 Å². The summed E-state index contributed by atoms with van der Waals surface area (Å²) in [6, 6.07) is 13.0. The number of hydrogen-bond donors (Lipinski definition) is 3. The van der Waals surface area contributed by atoms with Crippen molar-refractivity contribution in [3.63, 3.8) is 0 Å². The number of aromatic nitrogens is 3. The van der Waals surface area contributed by atoms with Gasteiger partial charge in [0.1, 0.15) is 27.2 Å². The smallest absolute Gasteiger partial charge is 0.264 e. The molecule has 4 aromatic heterocycles. The van der Waals surface area contributed by atoms with E-state index in [0.717, 1.165) is 16.2 Å². The number of carbonyl (C=O) groups is 1. The van der Waals surface area contributed by atoms with E-state index in [0.29, 0.717) is 27.2 Å². The number of rotatable bonds is 6. The number of hydrogen-bond acceptors (Lipinski definition) is 11. The second kappa shape index (κ2) is 9.49. The molecule has 0 saturated heterocycles. The summed E-state index contributed by atoms with van der Waals surface area (Å²) in [5.41, 5.74) is 14.9. The molecule has 0 fully saturated rings. The molecule has 0 unspecified atom stereocenters. The van der Waals surface area contributed by atoms with E-state index in [1.165, 1.54) is 35.6 Å². The molecule has 0 amide bonds. The Labute approximate surface area is 225 Å². The summed E-state index contributed by atoms with van der Waals surface area (Å²) in [4.78, 5) is 27.3. The SMILES string of the molecule is Cc1cc(C)nc(NS(=O)(=O)c2ccc(C(=O)c3sc4nc(N)c(C#N)c(-c5cccs5)c4c3N)cc2)n1. The zero-order chi connectivity index (χ0) is 27.2. The summed E-state index contributed by atoms with van der Waals surface area (Å²) in [7, 11) is -3.99. The molecule has 0 aliphatic heterocycles. The number of thiophene rings is 2. The molecule has 0 bridgehead atoms. The van der Waals surface area contributed by atoms with Crippen molar-refractivity contribution in [3.05, 3.63) is 75.2 Å². The fourth-order valence-electron chi connectivity index (χ4n) is 3.99. The number of aryl methyl sites for hydroxylation is 2. The normalized spacial score (nSPS) is 11.4. The average Bonchev–Trinajstić information content (AvgIpc) is 3.50. The predicted octanol–water partition coefficient (Wildman–Crippen LogP) is 4.50. The van der Waals surface area contributed by atoms with Crippen LogP contribution in [0.25, 0.3) is 20.7 Å². The standard InChI is InChI=1S/C25H19N7O3S3/c1-12-10-13(2)30-25(29-12)32-38(34,35)15-7-5-14(6-8-15)21(33)22-20(27)19-18(17-4-3-9-36-17)16(11-26)23(28)31-24(19)37-22/h3-10H,27H2,1-2H3,(H2,28,31)(H,29,30,32). The Hall–Kier alpha value is -4.38. The molecule has 10 nitrogen and oxygen atoms in total.